The van der Waals surface area contributed by atoms with E-state index in [1.54, 1.807) is 6.33 Å². The molecule has 1 spiro atoms. The monoisotopic (exact) mass is 413 g/mol. The van der Waals surface area contributed by atoms with Crippen molar-refractivity contribution in [3.63, 3.8) is 0 Å². The second-order valence-corrected chi connectivity index (χ2v) is 9.81. The summed E-state index contributed by atoms with van der Waals surface area (Å²) in [6, 6.07) is 2.01. The van der Waals surface area contributed by atoms with Crippen LogP contribution in [-0.2, 0) is 4.79 Å². The molecule has 3 aliphatic rings. The van der Waals surface area contributed by atoms with Gasteiger partial charge in [0, 0.05) is 43.9 Å². The number of amides is 3. The molecule has 7 heteroatoms. The lowest BCUT2D eigenvalue weighted by molar-refractivity contribution is -0.134. The van der Waals surface area contributed by atoms with Crippen LogP contribution in [0.25, 0.3) is 0 Å². The fourth-order valence-corrected chi connectivity index (χ4v) is 4.73. The largest absolute Gasteiger partial charge is 0.356 e. The van der Waals surface area contributed by atoms with Crippen LogP contribution in [0.3, 0.4) is 0 Å². The number of hydrogen-bond donors (Lipinski definition) is 0. The molecule has 0 radical (unpaired) electrons. The highest BCUT2D eigenvalue weighted by atomic mass is 16.2. The van der Waals surface area contributed by atoms with E-state index in [1.807, 2.05) is 4.90 Å². The van der Waals surface area contributed by atoms with Gasteiger partial charge in [-0.3, -0.25) is 9.69 Å². The molecule has 1 saturated carbocycles. The number of urea groups is 1. The Kier molecular flexibility index (Phi) is 5.73. The summed E-state index contributed by atoms with van der Waals surface area (Å²) in [4.78, 5) is 41.4. The molecular formula is C23H35N5O2. The van der Waals surface area contributed by atoms with Crippen molar-refractivity contribution in [1.82, 2.24) is 19.8 Å². The van der Waals surface area contributed by atoms with E-state index in [0.29, 0.717) is 43.7 Å². The summed E-state index contributed by atoms with van der Waals surface area (Å²) in [5.41, 5.74) is 0.436. The lowest BCUT2D eigenvalue weighted by Gasteiger charge is -2.43. The molecule has 1 aliphatic carbocycles. The van der Waals surface area contributed by atoms with Crippen LogP contribution in [0, 0.1) is 11.8 Å². The fourth-order valence-electron chi connectivity index (χ4n) is 4.73. The van der Waals surface area contributed by atoms with Crippen molar-refractivity contribution < 1.29 is 9.59 Å². The van der Waals surface area contributed by atoms with E-state index < -0.39 is 5.54 Å². The van der Waals surface area contributed by atoms with Crippen LogP contribution in [0.4, 0.5) is 10.6 Å². The third-order valence-electron chi connectivity index (χ3n) is 6.94. The van der Waals surface area contributed by atoms with Gasteiger partial charge in [0.15, 0.2) is 0 Å². The summed E-state index contributed by atoms with van der Waals surface area (Å²) in [5, 5.41) is 0. The Morgan fingerprint density at radius 2 is 1.80 bits per heavy atom. The highest BCUT2D eigenvalue weighted by Crippen LogP contribution is 2.41. The van der Waals surface area contributed by atoms with E-state index in [0.717, 1.165) is 31.0 Å². The van der Waals surface area contributed by atoms with E-state index in [4.69, 9.17) is 0 Å². The Balaban J connectivity index is 1.53. The number of hydrogen-bond acceptors (Lipinski definition) is 5. The first kappa shape index (κ1) is 21.1. The summed E-state index contributed by atoms with van der Waals surface area (Å²) in [6.45, 7) is 11.0. The zero-order chi connectivity index (χ0) is 21.5. The summed E-state index contributed by atoms with van der Waals surface area (Å²) in [5.74, 6) is 2.19. The molecule has 4 rings (SSSR count). The van der Waals surface area contributed by atoms with Gasteiger partial charge < -0.3 is 9.80 Å². The lowest BCUT2D eigenvalue weighted by Crippen LogP contribution is -2.57. The molecule has 30 heavy (non-hydrogen) atoms. The summed E-state index contributed by atoms with van der Waals surface area (Å²) in [6.07, 6.45) is 6.36. The van der Waals surface area contributed by atoms with E-state index >= 15 is 0 Å². The molecule has 2 aliphatic heterocycles. The maximum absolute atomic E-state index is 13.6. The van der Waals surface area contributed by atoms with Gasteiger partial charge in [-0.2, -0.15) is 0 Å². The first-order valence-corrected chi connectivity index (χ1v) is 11.6. The standard InChI is InChI=1S/C23H35N5O2/c1-5-17(4)14-27-21(29)23(28(22(27)30)13-16(2)3)8-10-26(11-9-23)20-12-19(18-6-7-18)24-15-25-20/h12,15-18H,5-11,13-14H2,1-4H3. The van der Waals surface area contributed by atoms with Crippen molar-refractivity contribution in [3.8, 4) is 0 Å². The molecule has 0 N–H and O–H groups in total. The molecule has 1 atom stereocenters. The highest BCUT2D eigenvalue weighted by Gasteiger charge is 2.58. The highest BCUT2D eigenvalue weighted by molar-refractivity contribution is 6.07. The average Bonchev–Trinajstić information content (AvgIpc) is 3.58. The lowest BCUT2D eigenvalue weighted by atomic mass is 9.85. The van der Waals surface area contributed by atoms with Gasteiger partial charge in [0.1, 0.15) is 17.7 Å². The van der Waals surface area contributed by atoms with Gasteiger partial charge >= 0.3 is 6.03 Å². The molecule has 1 aromatic heterocycles. The number of carbonyl (C=O) groups excluding carboxylic acids is 2. The molecule has 3 heterocycles. The topological polar surface area (TPSA) is 69.6 Å². The predicted molar refractivity (Wildman–Crippen MR) is 116 cm³/mol. The number of rotatable bonds is 7. The second-order valence-electron chi connectivity index (χ2n) is 9.81. The summed E-state index contributed by atoms with van der Waals surface area (Å²) >= 11 is 0. The normalized spacial score (nSPS) is 22.5. The number of imide groups is 1. The van der Waals surface area contributed by atoms with Gasteiger partial charge in [-0.15, -0.1) is 0 Å². The Labute approximate surface area is 179 Å². The summed E-state index contributed by atoms with van der Waals surface area (Å²) in [7, 11) is 0. The maximum Gasteiger partial charge on any atom is 0.327 e. The van der Waals surface area contributed by atoms with Crippen molar-refractivity contribution in [2.75, 3.05) is 31.1 Å². The number of aromatic nitrogens is 2. The van der Waals surface area contributed by atoms with Crippen molar-refractivity contribution in [3.05, 3.63) is 18.1 Å². The van der Waals surface area contributed by atoms with Crippen LogP contribution in [0.15, 0.2) is 12.4 Å². The molecule has 3 amide bonds. The Morgan fingerprint density at radius 1 is 1.10 bits per heavy atom. The average molecular weight is 414 g/mol. The molecule has 7 nitrogen and oxygen atoms in total. The predicted octanol–water partition coefficient (Wildman–Crippen LogP) is 3.66. The van der Waals surface area contributed by atoms with Crippen molar-refractivity contribution in [1.29, 1.82) is 0 Å². The molecule has 3 fully saturated rings. The molecule has 1 unspecified atom stereocenters. The SMILES string of the molecule is CCC(C)CN1C(=O)N(CC(C)C)C2(CCN(c3cc(C4CC4)ncn3)CC2)C1=O. The number of carbonyl (C=O) groups is 2. The van der Waals surface area contributed by atoms with Gasteiger partial charge in [0.05, 0.1) is 0 Å². The molecule has 0 aromatic carbocycles. The van der Waals surface area contributed by atoms with Gasteiger partial charge in [-0.25, -0.2) is 14.8 Å². The van der Waals surface area contributed by atoms with Gasteiger partial charge in [-0.1, -0.05) is 34.1 Å². The van der Waals surface area contributed by atoms with Crippen LogP contribution in [-0.4, -0.2) is 63.4 Å². The minimum atomic E-state index is -0.697. The maximum atomic E-state index is 13.6. The minimum Gasteiger partial charge on any atom is -0.356 e. The zero-order valence-electron chi connectivity index (χ0n) is 18.8. The van der Waals surface area contributed by atoms with Crippen LogP contribution in [0.5, 0.6) is 0 Å². The Hall–Kier alpha value is -2.18. The second kappa shape index (κ2) is 8.16. The third-order valence-corrected chi connectivity index (χ3v) is 6.94. The molecule has 1 aromatic rings. The van der Waals surface area contributed by atoms with E-state index in [1.165, 1.54) is 17.7 Å². The van der Waals surface area contributed by atoms with E-state index in [9.17, 15) is 9.59 Å². The molecular weight excluding hydrogens is 378 g/mol. The van der Waals surface area contributed by atoms with Gasteiger partial charge in [0.2, 0.25) is 0 Å². The smallest absolute Gasteiger partial charge is 0.327 e. The first-order chi connectivity index (χ1) is 14.4. The van der Waals surface area contributed by atoms with Crippen molar-refractivity contribution >= 4 is 17.8 Å². The first-order valence-electron chi connectivity index (χ1n) is 11.6. The van der Waals surface area contributed by atoms with E-state index in [2.05, 4.69) is 48.6 Å². The Morgan fingerprint density at radius 3 is 2.40 bits per heavy atom. The number of piperidine rings is 1. The quantitative estimate of drug-likeness (QED) is 0.638. The van der Waals surface area contributed by atoms with Crippen LogP contribution < -0.4 is 4.90 Å². The number of anilines is 1. The van der Waals surface area contributed by atoms with Gasteiger partial charge in [0.25, 0.3) is 5.91 Å². The minimum absolute atomic E-state index is 0.00876. The van der Waals surface area contributed by atoms with Crippen LogP contribution in [0.1, 0.15) is 71.4 Å². The molecule has 2 saturated heterocycles. The number of nitrogens with zero attached hydrogens (tertiary/aromatic N) is 5. The summed E-state index contributed by atoms with van der Waals surface area (Å²) < 4.78 is 0. The van der Waals surface area contributed by atoms with E-state index in [-0.39, 0.29) is 11.9 Å². The van der Waals surface area contributed by atoms with Gasteiger partial charge in [-0.05, 0) is 37.5 Å². The molecule has 164 valence electrons. The Bertz CT molecular complexity index is 799. The van der Waals surface area contributed by atoms with Crippen LogP contribution in [0.2, 0.25) is 0 Å². The molecule has 0 bridgehead atoms. The van der Waals surface area contributed by atoms with Crippen molar-refractivity contribution in [2.45, 2.75) is 71.3 Å². The fraction of sp³-hybridized carbons (Fsp3) is 0.739. The van der Waals surface area contributed by atoms with Crippen molar-refractivity contribution in [2.24, 2.45) is 11.8 Å². The van der Waals surface area contributed by atoms with Crippen LogP contribution >= 0.6 is 0 Å². The zero-order valence-corrected chi connectivity index (χ0v) is 18.8. The third kappa shape index (κ3) is 3.79.